The first kappa shape index (κ1) is 29.0. The predicted octanol–water partition coefficient (Wildman–Crippen LogP) is 5.83. The van der Waals surface area contributed by atoms with Gasteiger partial charge in [0.2, 0.25) is 5.91 Å². The molecule has 3 rings (SSSR count). The number of benzene rings is 3. The lowest BCUT2D eigenvalue weighted by Gasteiger charge is -2.15. The second-order valence-electron chi connectivity index (χ2n) is 9.15. The SMILES string of the molecule is COc1ccc(NC(=O)COC(=O)CCC(=O)Nc2ccc(Oc3cc(C)ccc3C(C)C)cc2)c(OC)c1. The minimum Gasteiger partial charge on any atom is -0.497 e. The number of amides is 2. The van der Waals surface area contributed by atoms with E-state index >= 15 is 0 Å². The first-order chi connectivity index (χ1) is 18.7. The van der Waals surface area contributed by atoms with Crippen LogP contribution in [-0.4, -0.2) is 38.6 Å². The normalized spacial score (nSPS) is 10.5. The van der Waals surface area contributed by atoms with Gasteiger partial charge in [0.25, 0.3) is 5.91 Å². The Labute approximate surface area is 228 Å². The molecule has 0 unspecified atom stereocenters. The highest BCUT2D eigenvalue weighted by atomic mass is 16.5. The van der Waals surface area contributed by atoms with Crippen LogP contribution in [-0.2, 0) is 19.1 Å². The topological polar surface area (TPSA) is 112 Å². The molecule has 39 heavy (non-hydrogen) atoms. The molecule has 0 aliphatic rings. The Morgan fingerprint density at radius 3 is 2.15 bits per heavy atom. The third kappa shape index (κ3) is 8.77. The Kier molecular flexibility index (Phi) is 10.3. The van der Waals surface area contributed by atoms with E-state index in [1.807, 2.05) is 13.0 Å². The summed E-state index contributed by atoms with van der Waals surface area (Å²) in [7, 11) is 2.98. The molecule has 0 saturated carbocycles. The number of anilines is 2. The van der Waals surface area contributed by atoms with Gasteiger partial charge in [0, 0.05) is 18.2 Å². The van der Waals surface area contributed by atoms with E-state index in [1.165, 1.54) is 14.2 Å². The van der Waals surface area contributed by atoms with E-state index in [9.17, 15) is 14.4 Å². The van der Waals surface area contributed by atoms with Crippen LogP contribution in [0.4, 0.5) is 11.4 Å². The molecule has 9 heteroatoms. The van der Waals surface area contributed by atoms with Gasteiger partial charge in [0.1, 0.15) is 23.0 Å². The second kappa shape index (κ2) is 13.9. The number of hydrogen-bond acceptors (Lipinski definition) is 7. The highest BCUT2D eigenvalue weighted by Gasteiger charge is 2.14. The van der Waals surface area contributed by atoms with Crippen molar-refractivity contribution >= 4 is 29.2 Å². The first-order valence-electron chi connectivity index (χ1n) is 12.5. The molecule has 9 nitrogen and oxygen atoms in total. The summed E-state index contributed by atoms with van der Waals surface area (Å²) < 4.78 is 21.4. The van der Waals surface area contributed by atoms with Crippen LogP contribution in [0, 0.1) is 6.92 Å². The number of methoxy groups -OCH3 is 2. The van der Waals surface area contributed by atoms with Gasteiger partial charge in [0.15, 0.2) is 6.61 Å². The third-order valence-corrected chi connectivity index (χ3v) is 5.76. The van der Waals surface area contributed by atoms with E-state index in [-0.39, 0.29) is 18.7 Å². The maximum atomic E-state index is 12.3. The van der Waals surface area contributed by atoms with Crippen molar-refractivity contribution in [1.82, 2.24) is 0 Å². The first-order valence-corrected chi connectivity index (χ1v) is 12.5. The highest BCUT2D eigenvalue weighted by molar-refractivity contribution is 5.95. The summed E-state index contributed by atoms with van der Waals surface area (Å²) in [5, 5.41) is 5.35. The molecule has 0 spiro atoms. The van der Waals surface area contributed by atoms with Crippen LogP contribution in [0.2, 0.25) is 0 Å². The van der Waals surface area contributed by atoms with Gasteiger partial charge in [-0.3, -0.25) is 14.4 Å². The Morgan fingerprint density at radius 1 is 0.769 bits per heavy atom. The van der Waals surface area contributed by atoms with Gasteiger partial charge in [-0.2, -0.15) is 0 Å². The van der Waals surface area contributed by atoms with Gasteiger partial charge >= 0.3 is 5.97 Å². The summed E-state index contributed by atoms with van der Waals surface area (Å²) in [6.45, 7) is 5.75. The molecule has 0 bridgehead atoms. The number of esters is 1. The van der Waals surface area contributed by atoms with E-state index in [4.69, 9.17) is 18.9 Å². The molecule has 0 saturated heterocycles. The summed E-state index contributed by atoms with van der Waals surface area (Å²) in [5.41, 5.74) is 3.20. The molecular formula is C30H34N2O7. The third-order valence-electron chi connectivity index (χ3n) is 5.76. The molecule has 3 aromatic rings. The molecule has 0 aromatic heterocycles. The van der Waals surface area contributed by atoms with Crippen LogP contribution < -0.4 is 24.8 Å². The van der Waals surface area contributed by atoms with E-state index in [0.717, 1.165) is 16.9 Å². The van der Waals surface area contributed by atoms with Crippen molar-refractivity contribution in [2.24, 2.45) is 0 Å². The van der Waals surface area contributed by atoms with E-state index in [2.05, 4.69) is 36.6 Å². The van der Waals surface area contributed by atoms with Crippen LogP contribution >= 0.6 is 0 Å². The summed E-state index contributed by atoms with van der Waals surface area (Å²) in [4.78, 5) is 36.5. The maximum absolute atomic E-state index is 12.3. The average Bonchev–Trinajstić information content (AvgIpc) is 2.92. The Bertz CT molecular complexity index is 1300. The zero-order valence-corrected chi connectivity index (χ0v) is 22.8. The Balaban J connectivity index is 1.43. The number of aryl methyl sites for hydroxylation is 1. The minimum absolute atomic E-state index is 0.0912. The van der Waals surface area contributed by atoms with Gasteiger partial charge in [0.05, 0.1) is 26.3 Å². The Hall–Kier alpha value is -4.53. The maximum Gasteiger partial charge on any atom is 0.306 e. The molecule has 0 aliphatic heterocycles. The van der Waals surface area contributed by atoms with E-state index < -0.39 is 18.5 Å². The van der Waals surface area contributed by atoms with Crippen molar-refractivity contribution in [2.45, 2.75) is 39.5 Å². The van der Waals surface area contributed by atoms with Crippen molar-refractivity contribution in [3.8, 4) is 23.0 Å². The van der Waals surface area contributed by atoms with Gasteiger partial charge in [-0.05, 0) is 66.4 Å². The highest BCUT2D eigenvalue weighted by Crippen LogP contribution is 2.32. The molecule has 0 radical (unpaired) electrons. The molecule has 0 aliphatic carbocycles. The van der Waals surface area contributed by atoms with Crippen molar-refractivity contribution in [3.05, 3.63) is 71.8 Å². The molecule has 3 aromatic carbocycles. The van der Waals surface area contributed by atoms with Crippen LogP contribution in [0.1, 0.15) is 43.7 Å². The van der Waals surface area contributed by atoms with Gasteiger partial charge in [-0.25, -0.2) is 0 Å². The largest absolute Gasteiger partial charge is 0.497 e. The smallest absolute Gasteiger partial charge is 0.306 e. The zero-order chi connectivity index (χ0) is 28.4. The fourth-order valence-corrected chi connectivity index (χ4v) is 3.69. The number of ether oxygens (including phenoxy) is 4. The lowest BCUT2D eigenvalue weighted by molar-refractivity contribution is -0.147. The number of carbonyl (C=O) groups is 3. The Morgan fingerprint density at radius 2 is 1.49 bits per heavy atom. The van der Waals surface area contributed by atoms with Crippen LogP contribution in [0.25, 0.3) is 0 Å². The van der Waals surface area contributed by atoms with Crippen LogP contribution in [0.5, 0.6) is 23.0 Å². The molecular weight excluding hydrogens is 500 g/mol. The van der Waals surface area contributed by atoms with Crippen LogP contribution in [0.3, 0.4) is 0 Å². The van der Waals surface area contributed by atoms with Crippen LogP contribution in [0.15, 0.2) is 60.7 Å². The minimum atomic E-state index is -0.662. The van der Waals surface area contributed by atoms with Crippen molar-refractivity contribution in [2.75, 3.05) is 31.5 Å². The monoisotopic (exact) mass is 534 g/mol. The lowest BCUT2D eigenvalue weighted by Crippen LogP contribution is -2.22. The summed E-state index contributed by atoms with van der Waals surface area (Å²) in [5.74, 6) is 1.19. The zero-order valence-electron chi connectivity index (χ0n) is 22.8. The average molecular weight is 535 g/mol. The second-order valence-corrected chi connectivity index (χ2v) is 9.15. The molecule has 2 amide bonds. The van der Waals surface area contributed by atoms with Crippen molar-refractivity contribution < 1.29 is 33.3 Å². The number of rotatable bonds is 12. The van der Waals surface area contributed by atoms with Gasteiger partial charge in [-0.15, -0.1) is 0 Å². The fourth-order valence-electron chi connectivity index (χ4n) is 3.69. The summed E-state index contributed by atoms with van der Waals surface area (Å²) in [6.07, 6.45) is -0.260. The van der Waals surface area contributed by atoms with Gasteiger partial charge < -0.3 is 29.6 Å². The summed E-state index contributed by atoms with van der Waals surface area (Å²) >= 11 is 0. The summed E-state index contributed by atoms with van der Waals surface area (Å²) in [6, 6.07) is 18.0. The molecule has 0 atom stereocenters. The molecule has 0 fully saturated rings. The number of carbonyl (C=O) groups excluding carboxylic acids is 3. The van der Waals surface area contributed by atoms with Crippen molar-refractivity contribution in [1.29, 1.82) is 0 Å². The van der Waals surface area contributed by atoms with Crippen molar-refractivity contribution in [3.63, 3.8) is 0 Å². The molecule has 206 valence electrons. The molecule has 0 heterocycles. The predicted molar refractivity (Wildman–Crippen MR) is 149 cm³/mol. The standard InChI is InChI=1S/C30H34N2O7/c1-19(2)24-12-6-20(3)16-26(24)39-22-9-7-21(8-10-22)31-28(33)14-15-30(35)38-18-29(34)32-25-13-11-23(36-4)17-27(25)37-5/h6-13,16-17,19H,14-15,18H2,1-5H3,(H,31,33)(H,32,34). The number of hydrogen-bond donors (Lipinski definition) is 2. The number of nitrogens with one attached hydrogen (secondary N) is 2. The fraction of sp³-hybridized carbons (Fsp3) is 0.300. The molecule has 2 N–H and O–H groups in total. The lowest BCUT2D eigenvalue weighted by atomic mass is 10.0. The van der Waals surface area contributed by atoms with E-state index in [1.54, 1.807) is 42.5 Å². The quantitative estimate of drug-likeness (QED) is 0.281. The van der Waals surface area contributed by atoms with E-state index in [0.29, 0.717) is 34.5 Å². The van der Waals surface area contributed by atoms with Gasteiger partial charge in [-0.1, -0.05) is 26.0 Å².